The van der Waals surface area contributed by atoms with Gasteiger partial charge in [-0.15, -0.1) is 0 Å². The van der Waals surface area contributed by atoms with Crippen molar-refractivity contribution in [3.8, 4) is 0 Å². The molecular formula is C14H22N2O3S. The lowest BCUT2D eigenvalue weighted by Crippen LogP contribution is -2.34. The molecule has 0 fully saturated rings. The van der Waals surface area contributed by atoms with Gasteiger partial charge in [0.15, 0.2) is 9.84 Å². The van der Waals surface area contributed by atoms with Crippen LogP contribution in [0.2, 0.25) is 0 Å². The number of nitrogens with two attached hydrogens (primary N) is 1. The Morgan fingerprint density at radius 2 is 1.90 bits per heavy atom. The fourth-order valence-corrected chi connectivity index (χ4v) is 2.52. The Morgan fingerprint density at radius 1 is 1.30 bits per heavy atom. The molecule has 5 nitrogen and oxygen atoms in total. The van der Waals surface area contributed by atoms with Crippen LogP contribution in [-0.2, 0) is 21.2 Å². The zero-order chi connectivity index (χ0) is 15.2. The normalized spacial score (nSPS) is 12.9. The van der Waals surface area contributed by atoms with Crippen LogP contribution in [0.25, 0.3) is 0 Å². The highest BCUT2D eigenvalue weighted by Gasteiger charge is 2.15. The summed E-state index contributed by atoms with van der Waals surface area (Å²) in [5.74, 6) is -0.211. The number of rotatable bonds is 7. The molecule has 1 aromatic rings. The Hall–Kier alpha value is -1.40. The number of carbonyl (C=O) groups is 1. The summed E-state index contributed by atoms with van der Waals surface area (Å²) < 4.78 is 22.7. The molecule has 0 aromatic heterocycles. The maximum Gasteiger partial charge on any atom is 0.224 e. The second-order valence-electron chi connectivity index (χ2n) is 4.86. The molecule has 0 aliphatic rings. The largest absolute Gasteiger partial charge is 0.352 e. The van der Waals surface area contributed by atoms with Crippen molar-refractivity contribution in [3.05, 3.63) is 29.8 Å². The van der Waals surface area contributed by atoms with Crippen LogP contribution >= 0.6 is 0 Å². The van der Waals surface area contributed by atoms with E-state index in [1.165, 1.54) is 6.26 Å². The highest BCUT2D eigenvalue weighted by Crippen LogP contribution is 2.11. The highest BCUT2D eigenvalue weighted by molar-refractivity contribution is 7.90. The fourth-order valence-electron chi connectivity index (χ4n) is 1.89. The standard InChI is InChI=1S/C14H22N2O3S/c1-3-4-12(9-15)14(17)16-10-11-5-7-13(8-6-11)20(2,18)19/h5-8,12H,3-4,9-10,15H2,1-2H3,(H,16,17). The minimum atomic E-state index is -3.18. The van der Waals surface area contributed by atoms with Crippen molar-refractivity contribution in [3.63, 3.8) is 0 Å². The van der Waals surface area contributed by atoms with Gasteiger partial charge in [-0.05, 0) is 24.1 Å². The maximum absolute atomic E-state index is 11.9. The summed E-state index contributed by atoms with van der Waals surface area (Å²) in [6, 6.07) is 6.49. The van der Waals surface area contributed by atoms with Gasteiger partial charge in [-0.2, -0.15) is 0 Å². The lowest BCUT2D eigenvalue weighted by molar-refractivity contribution is -0.125. The predicted molar refractivity (Wildman–Crippen MR) is 78.9 cm³/mol. The number of amides is 1. The zero-order valence-electron chi connectivity index (χ0n) is 11.9. The van der Waals surface area contributed by atoms with Crippen molar-refractivity contribution < 1.29 is 13.2 Å². The Labute approximate surface area is 120 Å². The number of benzene rings is 1. The molecule has 112 valence electrons. The van der Waals surface area contributed by atoms with E-state index in [-0.39, 0.29) is 16.7 Å². The van der Waals surface area contributed by atoms with E-state index in [0.717, 1.165) is 18.4 Å². The first-order valence-corrected chi connectivity index (χ1v) is 8.54. The molecule has 20 heavy (non-hydrogen) atoms. The van der Waals surface area contributed by atoms with Crippen molar-refractivity contribution in [2.24, 2.45) is 11.7 Å². The first kappa shape index (κ1) is 16.7. The van der Waals surface area contributed by atoms with Gasteiger partial charge in [0.1, 0.15) is 0 Å². The molecule has 0 saturated carbocycles. The van der Waals surface area contributed by atoms with Crippen LogP contribution in [0.3, 0.4) is 0 Å². The van der Waals surface area contributed by atoms with Crippen LogP contribution in [-0.4, -0.2) is 27.1 Å². The topological polar surface area (TPSA) is 89.3 Å². The third kappa shape index (κ3) is 4.94. The number of sulfone groups is 1. The molecule has 0 bridgehead atoms. The van der Waals surface area contributed by atoms with Crippen LogP contribution < -0.4 is 11.1 Å². The molecule has 1 amide bonds. The van der Waals surface area contributed by atoms with E-state index in [2.05, 4.69) is 5.32 Å². The Kier molecular flexibility index (Phi) is 6.16. The van der Waals surface area contributed by atoms with Gasteiger partial charge < -0.3 is 11.1 Å². The molecule has 1 rings (SSSR count). The molecule has 1 aromatic carbocycles. The van der Waals surface area contributed by atoms with Crippen LogP contribution in [0.15, 0.2) is 29.2 Å². The molecule has 0 radical (unpaired) electrons. The van der Waals surface area contributed by atoms with Crippen molar-refractivity contribution in [1.29, 1.82) is 0 Å². The lowest BCUT2D eigenvalue weighted by Gasteiger charge is -2.14. The molecule has 6 heteroatoms. The quantitative estimate of drug-likeness (QED) is 0.788. The molecule has 3 N–H and O–H groups in total. The number of hydrogen-bond donors (Lipinski definition) is 2. The summed E-state index contributed by atoms with van der Waals surface area (Å²) in [6.45, 7) is 2.73. The zero-order valence-corrected chi connectivity index (χ0v) is 12.7. The maximum atomic E-state index is 11.9. The molecule has 1 atom stereocenters. The van der Waals surface area contributed by atoms with Crippen LogP contribution in [0, 0.1) is 5.92 Å². The SMILES string of the molecule is CCCC(CN)C(=O)NCc1ccc(S(C)(=O)=O)cc1. The van der Waals surface area contributed by atoms with E-state index in [1.807, 2.05) is 6.92 Å². The van der Waals surface area contributed by atoms with Gasteiger partial charge >= 0.3 is 0 Å². The summed E-state index contributed by atoms with van der Waals surface area (Å²) in [4.78, 5) is 12.2. The van der Waals surface area contributed by atoms with Crippen molar-refractivity contribution in [2.75, 3.05) is 12.8 Å². The minimum Gasteiger partial charge on any atom is -0.352 e. The van der Waals surface area contributed by atoms with Gasteiger partial charge in [0.2, 0.25) is 5.91 Å². The number of hydrogen-bond acceptors (Lipinski definition) is 4. The molecule has 0 aliphatic heterocycles. The molecule has 0 saturated heterocycles. The molecule has 0 aliphatic carbocycles. The third-order valence-corrected chi connectivity index (χ3v) is 4.24. The summed E-state index contributed by atoms with van der Waals surface area (Å²) in [5, 5.41) is 2.82. The summed E-state index contributed by atoms with van der Waals surface area (Å²) in [6.07, 6.45) is 2.86. The molecule has 1 unspecified atom stereocenters. The summed E-state index contributed by atoms with van der Waals surface area (Å²) >= 11 is 0. The third-order valence-electron chi connectivity index (χ3n) is 3.11. The fraction of sp³-hybridized carbons (Fsp3) is 0.500. The van der Waals surface area contributed by atoms with Gasteiger partial charge in [0.25, 0.3) is 0 Å². The first-order valence-electron chi connectivity index (χ1n) is 6.65. The second-order valence-corrected chi connectivity index (χ2v) is 6.87. The van der Waals surface area contributed by atoms with Crippen molar-refractivity contribution >= 4 is 15.7 Å². The molecule has 0 heterocycles. The summed E-state index contributed by atoms with van der Waals surface area (Å²) in [7, 11) is -3.18. The van der Waals surface area contributed by atoms with Gasteiger partial charge in [0.05, 0.1) is 10.8 Å². The molecular weight excluding hydrogens is 276 g/mol. The Morgan fingerprint density at radius 3 is 2.35 bits per heavy atom. The van der Waals surface area contributed by atoms with Gasteiger partial charge in [-0.3, -0.25) is 4.79 Å². The van der Waals surface area contributed by atoms with Gasteiger partial charge in [-0.25, -0.2) is 8.42 Å². The van der Waals surface area contributed by atoms with Crippen molar-refractivity contribution in [1.82, 2.24) is 5.32 Å². The molecule has 0 spiro atoms. The summed E-state index contributed by atoms with van der Waals surface area (Å²) in [5.41, 5.74) is 6.43. The van der Waals surface area contributed by atoms with Crippen molar-refractivity contribution in [2.45, 2.75) is 31.2 Å². The van der Waals surface area contributed by atoms with Crippen LogP contribution in [0.5, 0.6) is 0 Å². The Bertz CT molecular complexity index is 538. The highest BCUT2D eigenvalue weighted by atomic mass is 32.2. The first-order chi connectivity index (χ1) is 9.38. The lowest BCUT2D eigenvalue weighted by atomic mass is 10.0. The number of carbonyl (C=O) groups excluding carboxylic acids is 1. The average molecular weight is 298 g/mol. The van der Waals surface area contributed by atoms with Gasteiger partial charge in [-0.1, -0.05) is 25.5 Å². The Balaban J connectivity index is 2.60. The smallest absolute Gasteiger partial charge is 0.224 e. The predicted octanol–water partition coefficient (Wildman–Crippen LogP) is 1.08. The van der Waals surface area contributed by atoms with E-state index in [1.54, 1.807) is 24.3 Å². The van der Waals surface area contributed by atoms with E-state index in [4.69, 9.17) is 5.73 Å². The monoisotopic (exact) mass is 298 g/mol. The van der Waals surface area contributed by atoms with E-state index < -0.39 is 9.84 Å². The van der Waals surface area contributed by atoms with Gasteiger partial charge in [0, 0.05) is 19.3 Å². The minimum absolute atomic E-state index is 0.0541. The average Bonchev–Trinajstić information content (AvgIpc) is 2.41. The second kappa shape index (κ2) is 7.40. The van der Waals surface area contributed by atoms with E-state index >= 15 is 0 Å². The van der Waals surface area contributed by atoms with E-state index in [0.29, 0.717) is 13.1 Å². The van der Waals surface area contributed by atoms with Crippen LogP contribution in [0.4, 0.5) is 0 Å². The van der Waals surface area contributed by atoms with Crippen LogP contribution in [0.1, 0.15) is 25.3 Å². The number of nitrogens with one attached hydrogen (secondary N) is 1. The van der Waals surface area contributed by atoms with E-state index in [9.17, 15) is 13.2 Å².